The normalized spacial score (nSPS) is 14.4. The van der Waals surface area contributed by atoms with Crippen LogP contribution in [0.25, 0.3) is 22.0 Å². The van der Waals surface area contributed by atoms with Crippen LogP contribution in [0.1, 0.15) is 36.4 Å². The highest BCUT2D eigenvalue weighted by atomic mass is 19.4. The highest BCUT2D eigenvalue weighted by molar-refractivity contribution is 5.83. The Balaban J connectivity index is 0.000000646. The van der Waals surface area contributed by atoms with E-state index < -0.39 is 58.6 Å². The number of rotatable bonds is 14. The van der Waals surface area contributed by atoms with Crippen molar-refractivity contribution in [3.63, 3.8) is 0 Å². The number of fused-ring (bicyclic) bond motifs is 1. The SMILES string of the molecule is CC(C)(CN(Cc1ccc(-c2ccc(C(F)(F)F)cc2)cc1)C(=O)Cn1c(CCc2cccc(F)c2F)nc(=O)c2ccccc21)N1CCOCC1.O=C(O)C(O)C(O)C(=O)O. The highest BCUT2D eigenvalue weighted by Gasteiger charge is 2.33. The van der Waals surface area contributed by atoms with Crippen molar-refractivity contribution in [2.24, 2.45) is 0 Å². The molecule has 13 nitrogen and oxygen atoms in total. The topological polar surface area (TPSA) is 183 Å². The fourth-order valence-corrected chi connectivity index (χ4v) is 6.97. The smallest absolute Gasteiger partial charge is 0.416 e. The van der Waals surface area contributed by atoms with Crippen molar-refractivity contribution in [3.05, 3.63) is 135 Å². The van der Waals surface area contributed by atoms with Gasteiger partial charge < -0.3 is 34.6 Å². The number of aromatic nitrogens is 2. The zero-order valence-corrected chi connectivity index (χ0v) is 33.7. The molecule has 0 spiro atoms. The van der Waals surface area contributed by atoms with Gasteiger partial charge in [0.1, 0.15) is 12.4 Å². The molecule has 330 valence electrons. The Labute approximate surface area is 352 Å². The Bertz CT molecular complexity index is 2400. The molecule has 1 fully saturated rings. The molecule has 1 aromatic heterocycles. The van der Waals surface area contributed by atoms with Gasteiger partial charge in [-0.15, -0.1) is 0 Å². The summed E-state index contributed by atoms with van der Waals surface area (Å²) in [5.74, 6) is -5.45. The monoisotopic (exact) mass is 868 g/mol. The second-order valence-corrected chi connectivity index (χ2v) is 15.1. The number of aliphatic hydroxyl groups is 2. The molecule has 0 radical (unpaired) electrons. The zero-order valence-electron chi connectivity index (χ0n) is 33.7. The molecule has 2 heterocycles. The van der Waals surface area contributed by atoms with Crippen molar-refractivity contribution < 1.29 is 61.5 Å². The molecule has 1 aliphatic rings. The number of nitrogens with zero attached hydrogens (tertiary/aromatic N) is 4. The second kappa shape index (κ2) is 20.2. The lowest BCUT2D eigenvalue weighted by molar-refractivity contribution is -0.165. The number of hydrogen-bond donors (Lipinski definition) is 4. The van der Waals surface area contributed by atoms with E-state index in [0.717, 1.165) is 29.3 Å². The molecule has 4 N–H and O–H groups in total. The second-order valence-electron chi connectivity index (χ2n) is 15.1. The molecule has 0 aliphatic carbocycles. The quantitative estimate of drug-likeness (QED) is 0.108. The van der Waals surface area contributed by atoms with Gasteiger partial charge in [-0.2, -0.15) is 18.2 Å². The molecule has 4 aromatic carbocycles. The van der Waals surface area contributed by atoms with Crippen molar-refractivity contribution in [2.75, 3.05) is 32.8 Å². The largest absolute Gasteiger partial charge is 0.479 e. The molecule has 18 heteroatoms. The van der Waals surface area contributed by atoms with Gasteiger partial charge in [-0.3, -0.25) is 14.5 Å². The van der Waals surface area contributed by atoms with Gasteiger partial charge in [0, 0.05) is 38.1 Å². The fraction of sp³-hybridized carbons (Fsp3) is 0.341. The van der Waals surface area contributed by atoms with Crippen LogP contribution in [0.3, 0.4) is 0 Å². The number of carboxylic acids is 2. The number of morpholine rings is 1. The molecule has 1 saturated heterocycles. The van der Waals surface area contributed by atoms with Crippen LogP contribution in [-0.4, -0.2) is 108 Å². The minimum atomic E-state index is -4.43. The van der Waals surface area contributed by atoms with E-state index in [1.165, 1.54) is 24.3 Å². The number of ether oxygens (including phenoxy) is 1. The fourth-order valence-electron chi connectivity index (χ4n) is 6.97. The van der Waals surface area contributed by atoms with Gasteiger partial charge in [0.2, 0.25) is 5.91 Å². The van der Waals surface area contributed by atoms with Gasteiger partial charge in [0.15, 0.2) is 23.8 Å². The van der Waals surface area contributed by atoms with Gasteiger partial charge in [-0.1, -0.05) is 60.7 Å². The third kappa shape index (κ3) is 11.8. The lowest BCUT2D eigenvalue weighted by Crippen LogP contribution is -2.56. The minimum Gasteiger partial charge on any atom is -0.479 e. The van der Waals surface area contributed by atoms with Crippen LogP contribution in [0.4, 0.5) is 22.0 Å². The van der Waals surface area contributed by atoms with Gasteiger partial charge in [-0.25, -0.2) is 18.4 Å². The Morgan fingerprint density at radius 2 is 1.39 bits per heavy atom. The van der Waals surface area contributed by atoms with E-state index in [1.807, 2.05) is 24.3 Å². The molecule has 6 rings (SSSR count). The summed E-state index contributed by atoms with van der Waals surface area (Å²) in [5.41, 5.74) is 1.16. The first kappa shape index (κ1) is 47.0. The maximum absolute atomic E-state index is 14.6. The van der Waals surface area contributed by atoms with Crippen molar-refractivity contribution in [3.8, 4) is 11.1 Å². The zero-order chi connectivity index (χ0) is 45.4. The van der Waals surface area contributed by atoms with Gasteiger partial charge in [-0.05, 0) is 72.9 Å². The van der Waals surface area contributed by atoms with E-state index in [1.54, 1.807) is 33.7 Å². The molecule has 2 atom stereocenters. The van der Waals surface area contributed by atoms with Crippen molar-refractivity contribution in [1.82, 2.24) is 19.4 Å². The van der Waals surface area contributed by atoms with Crippen LogP contribution in [-0.2, 0) is 51.2 Å². The predicted molar refractivity (Wildman–Crippen MR) is 216 cm³/mol. The van der Waals surface area contributed by atoms with Crippen LogP contribution in [0.5, 0.6) is 0 Å². The predicted octanol–water partition coefficient (Wildman–Crippen LogP) is 5.16. The first-order chi connectivity index (χ1) is 29.3. The first-order valence-electron chi connectivity index (χ1n) is 19.4. The van der Waals surface area contributed by atoms with E-state index in [-0.39, 0.29) is 43.2 Å². The Kier molecular flexibility index (Phi) is 15.3. The summed E-state index contributed by atoms with van der Waals surface area (Å²) in [6.45, 7) is 7.11. The number of carbonyl (C=O) groups excluding carboxylic acids is 1. The summed E-state index contributed by atoms with van der Waals surface area (Å²) in [6, 6.07) is 23.1. The van der Waals surface area contributed by atoms with Crippen LogP contribution >= 0.6 is 0 Å². The number of hydrogen-bond acceptors (Lipinski definition) is 9. The third-order valence-electron chi connectivity index (χ3n) is 10.4. The maximum Gasteiger partial charge on any atom is 0.416 e. The summed E-state index contributed by atoms with van der Waals surface area (Å²) < 4.78 is 75.1. The molecule has 2 unspecified atom stereocenters. The number of benzene rings is 4. The number of aliphatic carboxylic acids is 2. The standard InChI is InChI=1S/C40H39F5N4O3.C4H6O6/c1-39(2,48-20-22-52-23-21-48)26-47(24-27-10-12-28(13-11-27)29-14-17-31(18-15-29)40(43,44)45)36(50)25-49-34-9-4-3-7-32(34)38(51)46-35(49)19-16-30-6-5-8-33(41)37(30)42;5-1(3(7)8)2(6)4(9)10/h3-15,17-18H,16,19-26H2,1-2H3;1-2,5-6H,(H,7,8)(H,9,10). The molecule has 1 aliphatic heterocycles. The van der Waals surface area contributed by atoms with Gasteiger partial charge >= 0.3 is 18.1 Å². The average Bonchev–Trinajstić information content (AvgIpc) is 3.25. The summed E-state index contributed by atoms with van der Waals surface area (Å²) >= 11 is 0. The minimum absolute atomic E-state index is 0.0572. The Morgan fingerprint density at radius 1 is 0.806 bits per heavy atom. The third-order valence-corrected chi connectivity index (χ3v) is 10.4. The van der Waals surface area contributed by atoms with Crippen LogP contribution in [0.2, 0.25) is 0 Å². The lowest BCUT2D eigenvalue weighted by Gasteiger charge is -2.43. The number of amides is 1. The summed E-state index contributed by atoms with van der Waals surface area (Å²) in [7, 11) is 0. The number of carboxylic acid groups (broad SMARTS) is 2. The Morgan fingerprint density at radius 3 is 1.97 bits per heavy atom. The average molecular weight is 869 g/mol. The molecule has 0 saturated carbocycles. The van der Waals surface area contributed by atoms with E-state index in [0.29, 0.717) is 49.3 Å². The van der Waals surface area contributed by atoms with Crippen LogP contribution in [0, 0.1) is 11.6 Å². The van der Waals surface area contributed by atoms with E-state index in [9.17, 15) is 41.1 Å². The summed E-state index contributed by atoms with van der Waals surface area (Å²) in [6.07, 6.45) is -8.82. The van der Waals surface area contributed by atoms with Gasteiger partial charge in [0.25, 0.3) is 5.56 Å². The van der Waals surface area contributed by atoms with E-state index in [4.69, 9.17) is 25.2 Å². The van der Waals surface area contributed by atoms with E-state index >= 15 is 0 Å². The summed E-state index contributed by atoms with van der Waals surface area (Å²) in [4.78, 5) is 55.4. The molecule has 5 aromatic rings. The van der Waals surface area contributed by atoms with Crippen molar-refractivity contribution >= 4 is 28.7 Å². The summed E-state index contributed by atoms with van der Waals surface area (Å²) in [5, 5.41) is 32.9. The molecule has 62 heavy (non-hydrogen) atoms. The van der Waals surface area contributed by atoms with Crippen LogP contribution < -0.4 is 5.56 Å². The van der Waals surface area contributed by atoms with Crippen molar-refractivity contribution in [1.29, 1.82) is 0 Å². The molecular formula is C44H45F5N4O9. The van der Waals surface area contributed by atoms with Crippen molar-refractivity contribution in [2.45, 2.75) is 63.7 Å². The number of halogens is 5. The number of aryl methyl sites for hydroxylation is 2. The Hall–Kier alpha value is -6.08. The van der Waals surface area contributed by atoms with Crippen LogP contribution in [0.15, 0.2) is 95.8 Å². The molecular weight excluding hydrogens is 823 g/mol. The number of carbonyl (C=O) groups is 3. The number of aliphatic hydroxyl groups excluding tert-OH is 2. The van der Waals surface area contributed by atoms with Gasteiger partial charge in [0.05, 0.1) is 29.7 Å². The van der Waals surface area contributed by atoms with E-state index in [2.05, 4.69) is 23.7 Å². The molecule has 0 bridgehead atoms. The highest BCUT2D eigenvalue weighted by Crippen LogP contribution is 2.31. The molecule has 1 amide bonds. The number of alkyl halides is 3. The lowest BCUT2D eigenvalue weighted by atomic mass is 9.99. The number of para-hydroxylation sites is 1. The first-order valence-corrected chi connectivity index (χ1v) is 19.4. The maximum atomic E-state index is 14.6.